The Balaban J connectivity index is 1.74. The minimum atomic E-state index is -0.912. The van der Waals surface area contributed by atoms with E-state index in [4.69, 9.17) is 5.73 Å². The first-order valence-electron chi connectivity index (χ1n) is 9.14. The molecule has 2 amide bonds. The van der Waals surface area contributed by atoms with Crippen LogP contribution in [0.25, 0.3) is 16.9 Å². The smallest absolute Gasteiger partial charge is 0.259 e. The standard InChI is InChI=1S/C23H17FN4O2/c24-20-12-11-16(13-18(20)22(25)29)26-23(30)19-14-28(17-9-5-2-6-10-17)27-21(19)15-7-3-1-4-8-15/h1-14H,(H2,25,29)(H,26,30). The van der Waals surface area contributed by atoms with Gasteiger partial charge in [0.25, 0.3) is 11.8 Å². The van der Waals surface area contributed by atoms with Gasteiger partial charge < -0.3 is 11.1 Å². The number of anilines is 1. The molecule has 1 heterocycles. The third-order valence-electron chi connectivity index (χ3n) is 4.52. The van der Waals surface area contributed by atoms with Crippen molar-refractivity contribution in [2.45, 2.75) is 0 Å². The Labute approximate surface area is 171 Å². The van der Waals surface area contributed by atoms with Crippen molar-refractivity contribution in [1.29, 1.82) is 0 Å². The number of primary amides is 1. The van der Waals surface area contributed by atoms with Crippen molar-refractivity contribution in [3.05, 3.63) is 102 Å². The largest absolute Gasteiger partial charge is 0.366 e. The van der Waals surface area contributed by atoms with Gasteiger partial charge in [0.2, 0.25) is 0 Å². The molecule has 6 nitrogen and oxygen atoms in total. The molecule has 0 aliphatic heterocycles. The number of halogens is 1. The summed E-state index contributed by atoms with van der Waals surface area (Å²) in [4.78, 5) is 24.4. The highest BCUT2D eigenvalue weighted by molar-refractivity contribution is 6.08. The Morgan fingerprint density at radius 3 is 2.23 bits per heavy atom. The molecule has 1 aromatic heterocycles. The summed E-state index contributed by atoms with van der Waals surface area (Å²) in [5.74, 6) is -2.11. The average molecular weight is 400 g/mol. The summed E-state index contributed by atoms with van der Waals surface area (Å²) in [6.07, 6.45) is 1.63. The van der Waals surface area contributed by atoms with E-state index in [1.54, 1.807) is 10.9 Å². The third kappa shape index (κ3) is 3.81. The highest BCUT2D eigenvalue weighted by Gasteiger charge is 2.19. The number of carbonyl (C=O) groups is 2. The van der Waals surface area contributed by atoms with Gasteiger partial charge in [-0.1, -0.05) is 48.5 Å². The number of hydrogen-bond acceptors (Lipinski definition) is 3. The molecule has 0 aliphatic carbocycles. The normalized spacial score (nSPS) is 10.6. The third-order valence-corrected chi connectivity index (χ3v) is 4.52. The highest BCUT2D eigenvalue weighted by atomic mass is 19.1. The number of nitrogens with two attached hydrogens (primary N) is 1. The van der Waals surface area contributed by atoms with Crippen LogP contribution in [0.5, 0.6) is 0 Å². The van der Waals surface area contributed by atoms with Crippen molar-refractivity contribution in [3.63, 3.8) is 0 Å². The van der Waals surface area contributed by atoms with E-state index in [1.165, 1.54) is 12.1 Å². The summed E-state index contributed by atoms with van der Waals surface area (Å²) in [5.41, 5.74) is 7.54. The van der Waals surface area contributed by atoms with Crippen LogP contribution in [0, 0.1) is 5.82 Å². The van der Waals surface area contributed by atoms with E-state index in [1.807, 2.05) is 60.7 Å². The van der Waals surface area contributed by atoms with Crippen molar-refractivity contribution in [2.75, 3.05) is 5.32 Å². The molecule has 0 saturated heterocycles. The molecule has 4 aromatic rings. The fraction of sp³-hybridized carbons (Fsp3) is 0. The Morgan fingerprint density at radius 1 is 0.900 bits per heavy atom. The molecule has 0 radical (unpaired) electrons. The summed E-state index contributed by atoms with van der Waals surface area (Å²) >= 11 is 0. The van der Waals surface area contributed by atoms with E-state index in [2.05, 4.69) is 10.4 Å². The molecule has 0 spiro atoms. The molecule has 0 unspecified atom stereocenters. The lowest BCUT2D eigenvalue weighted by atomic mass is 10.1. The van der Waals surface area contributed by atoms with Crippen molar-refractivity contribution < 1.29 is 14.0 Å². The van der Waals surface area contributed by atoms with Gasteiger partial charge in [0.1, 0.15) is 11.5 Å². The number of amides is 2. The van der Waals surface area contributed by atoms with E-state index in [0.717, 1.165) is 17.3 Å². The quantitative estimate of drug-likeness (QED) is 0.530. The van der Waals surface area contributed by atoms with Gasteiger partial charge >= 0.3 is 0 Å². The summed E-state index contributed by atoms with van der Waals surface area (Å²) in [6, 6.07) is 22.4. The van der Waals surface area contributed by atoms with E-state index >= 15 is 0 Å². The van der Waals surface area contributed by atoms with Crippen molar-refractivity contribution >= 4 is 17.5 Å². The van der Waals surface area contributed by atoms with E-state index in [-0.39, 0.29) is 11.3 Å². The first-order valence-corrected chi connectivity index (χ1v) is 9.14. The van der Waals surface area contributed by atoms with Gasteiger partial charge in [0.05, 0.1) is 16.8 Å². The Kier molecular flexibility index (Phi) is 5.09. The van der Waals surface area contributed by atoms with E-state index in [9.17, 15) is 14.0 Å². The molecule has 7 heteroatoms. The lowest BCUT2D eigenvalue weighted by molar-refractivity contribution is 0.0992. The second kappa shape index (κ2) is 8.00. The van der Waals surface area contributed by atoms with Crippen LogP contribution in [0.4, 0.5) is 10.1 Å². The summed E-state index contributed by atoms with van der Waals surface area (Å²) in [7, 11) is 0. The summed E-state index contributed by atoms with van der Waals surface area (Å²) in [5, 5.41) is 7.28. The van der Waals surface area contributed by atoms with Gasteiger partial charge in [-0.3, -0.25) is 9.59 Å². The lowest BCUT2D eigenvalue weighted by Gasteiger charge is -2.07. The molecular formula is C23H17FN4O2. The molecule has 0 bridgehead atoms. The molecule has 0 atom stereocenters. The Morgan fingerprint density at radius 2 is 1.57 bits per heavy atom. The molecule has 4 rings (SSSR count). The number of nitrogens with zero attached hydrogens (tertiary/aromatic N) is 2. The monoisotopic (exact) mass is 400 g/mol. The number of carbonyl (C=O) groups excluding carboxylic acids is 2. The SMILES string of the molecule is NC(=O)c1cc(NC(=O)c2cn(-c3ccccc3)nc2-c2ccccc2)ccc1F. The summed E-state index contributed by atoms with van der Waals surface area (Å²) < 4.78 is 15.4. The number of nitrogens with one attached hydrogen (secondary N) is 1. The minimum Gasteiger partial charge on any atom is -0.366 e. The number of para-hydroxylation sites is 1. The van der Waals surface area contributed by atoms with E-state index < -0.39 is 17.6 Å². The first-order chi connectivity index (χ1) is 14.5. The predicted molar refractivity (Wildman–Crippen MR) is 112 cm³/mol. The summed E-state index contributed by atoms with van der Waals surface area (Å²) in [6.45, 7) is 0. The van der Waals surface area contributed by atoms with Crippen LogP contribution in [0.2, 0.25) is 0 Å². The van der Waals surface area contributed by atoms with Gasteiger partial charge in [0.15, 0.2) is 0 Å². The fourth-order valence-electron chi connectivity index (χ4n) is 3.05. The molecule has 0 saturated carbocycles. The van der Waals surface area contributed by atoms with E-state index in [0.29, 0.717) is 11.3 Å². The van der Waals surface area contributed by atoms with Crippen molar-refractivity contribution in [1.82, 2.24) is 9.78 Å². The van der Waals surface area contributed by atoms with Crippen LogP contribution in [0.15, 0.2) is 85.1 Å². The van der Waals surface area contributed by atoms with Gasteiger partial charge in [-0.15, -0.1) is 0 Å². The zero-order chi connectivity index (χ0) is 21.1. The number of benzene rings is 3. The first kappa shape index (κ1) is 19.1. The van der Waals surface area contributed by atoms with Crippen LogP contribution in [0.3, 0.4) is 0 Å². The second-order valence-corrected chi connectivity index (χ2v) is 6.55. The Hall–Kier alpha value is -4.26. The van der Waals surface area contributed by atoms with Crippen LogP contribution in [-0.2, 0) is 0 Å². The number of aromatic nitrogens is 2. The minimum absolute atomic E-state index is 0.252. The van der Waals surface area contributed by atoms with Crippen LogP contribution >= 0.6 is 0 Å². The second-order valence-electron chi connectivity index (χ2n) is 6.55. The molecule has 3 N–H and O–H groups in total. The highest BCUT2D eigenvalue weighted by Crippen LogP contribution is 2.25. The van der Waals surface area contributed by atoms with Crippen molar-refractivity contribution in [3.8, 4) is 16.9 Å². The number of rotatable bonds is 5. The van der Waals surface area contributed by atoms with Gasteiger partial charge in [-0.05, 0) is 30.3 Å². The predicted octanol–water partition coefficient (Wildman–Crippen LogP) is 4.03. The molecule has 148 valence electrons. The topological polar surface area (TPSA) is 90.0 Å². The maximum Gasteiger partial charge on any atom is 0.259 e. The zero-order valence-electron chi connectivity index (χ0n) is 15.7. The zero-order valence-corrected chi connectivity index (χ0v) is 15.7. The molecule has 0 aliphatic rings. The van der Waals surface area contributed by atoms with Crippen LogP contribution in [-0.4, -0.2) is 21.6 Å². The number of hydrogen-bond donors (Lipinski definition) is 2. The fourth-order valence-corrected chi connectivity index (χ4v) is 3.05. The van der Waals surface area contributed by atoms with Crippen molar-refractivity contribution in [2.24, 2.45) is 5.73 Å². The van der Waals surface area contributed by atoms with Gasteiger partial charge in [0, 0.05) is 17.4 Å². The van der Waals surface area contributed by atoms with Crippen LogP contribution in [0.1, 0.15) is 20.7 Å². The average Bonchev–Trinajstić information content (AvgIpc) is 3.22. The molecule has 30 heavy (non-hydrogen) atoms. The van der Waals surface area contributed by atoms with Gasteiger partial charge in [-0.2, -0.15) is 5.10 Å². The molecule has 0 fully saturated rings. The maximum absolute atomic E-state index is 13.7. The molecular weight excluding hydrogens is 383 g/mol. The Bertz CT molecular complexity index is 1220. The molecule has 3 aromatic carbocycles. The van der Waals surface area contributed by atoms with Gasteiger partial charge in [-0.25, -0.2) is 9.07 Å². The van der Waals surface area contributed by atoms with Crippen LogP contribution < -0.4 is 11.1 Å². The lowest BCUT2D eigenvalue weighted by Crippen LogP contribution is -2.16. The maximum atomic E-state index is 13.7.